The number of nitrogens with zero attached hydrogens (tertiary/aromatic N) is 4. The van der Waals surface area contributed by atoms with E-state index < -0.39 is 6.10 Å². The molecule has 0 unspecified atom stereocenters. The van der Waals surface area contributed by atoms with E-state index in [2.05, 4.69) is 20.3 Å². The molecule has 0 aliphatic carbocycles. The van der Waals surface area contributed by atoms with E-state index in [1.165, 1.54) is 0 Å². The Morgan fingerprint density at radius 2 is 2.17 bits per heavy atom. The van der Waals surface area contributed by atoms with Crippen molar-refractivity contribution in [3.63, 3.8) is 0 Å². The molecule has 2 aromatic heterocycles. The van der Waals surface area contributed by atoms with Crippen LogP contribution in [0.4, 0.5) is 5.82 Å². The molecule has 1 fully saturated rings. The van der Waals surface area contributed by atoms with Gasteiger partial charge >= 0.3 is 0 Å². The number of likely N-dealkylation sites (tertiary alicyclic amines) is 1. The van der Waals surface area contributed by atoms with Crippen molar-refractivity contribution in [2.45, 2.75) is 18.9 Å². The Morgan fingerprint density at radius 3 is 2.79 bits per heavy atom. The number of nitrogens with one attached hydrogen (secondary N) is 1. The van der Waals surface area contributed by atoms with E-state index in [1.807, 2.05) is 25.2 Å². The zero-order valence-corrected chi connectivity index (χ0v) is 13.8. The molecule has 1 aliphatic rings. The number of anilines is 1. The van der Waals surface area contributed by atoms with E-state index in [1.54, 1.807) is 23.1 Å². The lowest BCUT2D eigenvalue weighted by Gasteiger charge is -2.33. The number of hydrogen-bond donors (Lipinski definition) is 2. The highest BCUT2D eigenvalue weighted by atomic mass is 16.3. The third-order valence-corrected chi connectivity index (χ3v) is 4.42. The molecule has 1 saturated heterocycles. The minimum absolute atomic E-state index is 0.0579. The summed E-state index contributed by atoms with van der Waals surface area (Å²) in [5.41, 5.74) is 0.726. The molecule has 3 rings (SSSR count). The molecule has 1 atom stereocenters. The third kappa shape index (κ3) is 4.18. The fourth-order valence-corrected chi connectivity index (χ4v) is 3.09. The van der Waals surface area contributed by atoms with Crippen molar-refractivity contribution >= 4 is 11.7 Å². The van der Waals surface area contributed by atoms with E-state index in [9.17, 15) is 9.90 Å². The lowest BCUT2D eigenvalue weighted by atomic mass is 9.89. The topological polar surface area (TPSA) is 83.3 Å². The van der Waals surface area contributed by atoms with E-state index in [4.69, 9.17) is 0 Å². The van der Waals surface area contributed by atoms with Crippen LogP contribution in [0.1, 0.15) is 24.6 Å². The molecule has 128 valence electrons. The van der Waals surface area contributed by atoms with E-state index in [-0.39, 0.29) is 11.8 Å². The zero-order valence-electron chi connectivity index (χ0n) is 13.8. The third-order valence-electron chi connectivity index (χ3n) is 4.42. The molecule has 0 aromatic carbocycles. The van der Waals surface area contributed by atoms with Gasteiger partial charge < -0.3 is 10.4 Å². The van der Waals surface area contributed by atoms with Crippen LogP contribution in [0.25, 0.3) is 0 Å². The minimum Gasteiger partial charge on any atom is -0.387 e. The van der Waals surface area contributed by atoms with Crippen molar-refractivity contribution in [3.8, 4) is 0 Å². The molecule has 1 aliphatic heterocycles. The molecular weight excluding hydrogens is 306 g/mol. The van der Waals surface area contributed by atoms with Gasteiger partial charge in [0.2, 0.25) is 5.91 Å². The Balaban J connectivity index is 1.46. The molecule has 24 heavy (non-hydrogen) atoms. The molecule has 0 radical (unpaired) electrons. The van der Waals surface area contributed by atoms with Gasteiger partial charge in [0.1, 0.15) is 0 Å². The zero-order chi connectivity index (χ0) is 16.9. The highest BCUT2D eigenvalue weighted by molar-refractivity contribution is 5.91. The van der Waals surface area contributed by atoms with Gasteiger partial charge in [0.15, 0.2) is 5.82 Å². The maximum absolute atomic E-state index is 12.1. The molecule has 0 bridgehead atoms. The quantitative estimate of drug-likeness (QED) is 0.861. The van der Waals surface area contributed by atoms with Crippen molar-refractivity contribution in [2.24, 2.45) is 13.0 Å². The smallest absolute Gasteiger partial charge is 0.239 e. The highest BCUT2D eigenvalue weighted by Crippen LogP contribution is 2.29. The predicted octanol–water partition coefficient (Wildman–Crippen LogP) is 1.20. The van der Waals surface area contributed by atoms with Crippen molar-refractivity contribution in [2.75, 3.05) is 25.0 Å². The summed E-state index contributed by atoms with van der Waals surface area (Å²) in [6, 6.07) is 7.37. The fourth-order valence-electron chi connectivity index (χ4n) is 3.09. The van der Waals surface area contributed by atoms with Gasteiger partial charge in [0, 0.05) is 25.5 Å². The number of carbonyl (C=O) groups is 1. The van der Waals surface area contributed by atoms with Crippen LogP contribution in [0.5, 0.6) is 0 Å². The number of pyridine rings is 1. The summed E-state index contributed by atoms with van der Waals surface area (Å²) in [6.45, 7) is 1.94. The Labute approximate surface area is 141 Å². The minimum atomic E-state index is -0.532. The van der Waals surface area contributed by atoms with Crippen LogP contribution in [-0.2, 0) is 11.8 Å². The largest absolute Gasteiger partial charge is 0.387 e. The summed E-state index contributed by atoms with van der Waals surface area (Å²) in [6.07, 6.45) is 4.68. The van der Waals surface area contributed by atoms with Crippen LogP contribution in [0.3, 0.4) is 0 Å². The number of aromatic nitrogens is 3. The van der Waals surface area contributed by atoms with Crippen LogP contribution < -0.4 is 5.32 Å². The molecule has 7 heteroatoms. The molecule has 3 heterocycles. The van der Waals surface area contributed by atoms with Crippen LogP contribution in [0.15, 0.2) is 36.7 Å². The van der Waals surface area contributed by atoms with Gasteiger partial charge in [-0.1, -0.05) is 6.07 Å². The highest BCUT2D eigenvalue weighted by Gasteiger charge is 2.27. The molecule has 7 nitrogen and oxygen atoms in total. The molecule has 2 aromatic rings. The van der Waals surface area contributed by atoms with Gasteiger partial charge in [-0.25, -0.2) is 0 Å². The van der Waals surface area contributed by atoms with Crippen molar-refractivity contribution in [1.29, 1.82) is 0 Å². The number of amides is 1. The summed E-state index contributed by atoms with van der Waals surface area (Å²) in [5.74, 6) is 0.704. The molecule has 1 amide bonds. The molecule has 0 saturated carbocycles. The Kier molecular flexibility index (Phi) is 5.22. The van der Waals surface area contributed by atoms with Crippen molar-refractivity contribution in [1.82, 2.24) is 19.7 Å². The second-order valence-electron chi connectivity index (χ2n) is 6.24. The number of rotatable bonds is 5. The first-order valence-corrected chi connectivity index (χ1v) is 8.22. The number of piperidine rings is 1. The predicted molar refractivity (Wildman–Crippen MR) is 90.2 cm³/mol. The molecular formula is C17H23N5O2. The lowest BCUT2D eigenvalue weighted by molar-refractivity contribution is -0.117. The first-order chi connectivity index (χ1) is 11.6. The summed E-state index contributed by atoms with van der Waals surface area (Å²) in [4.78, 5) is 18.4. The standard InChI is InChI=1S/C17H23N5O2/c1-21-9-7-15(20-21)19-16(23)12-22-10-5-13(6-11-22)17(24)14-4-2-3-8-18-14/h2-4,7-9,13,17,24H,5-6,10-12H2,1H3,(H,19,20,23)/t17-/m0/s1. The molecule has 2 N–H and O–H groups in total. The maximum atomic E-state index is 12.1. The lowest BCUT2D eigenvalue weighted by Crippen LogP contribution is -2.40. The summed E-state index contributed by atoms with van der Waals surface area (Å²) in [5, 5.41) is 17.4. The van der Waals surface area contributed by atoms with Gasteiger partial charge in [-0.05, 0) is 44.0 Å². The van der Waals surface area contributed by atoms with Crippen LogP contribution in [0, 0.1) is 5.92 Å². The van der Waals surface area contributed by atoms with Crippen LogP contribution in [0.2, 0.25) is 0 Å². The monoisotopic (exact) mass is 329 g/mol. The van der Waals surface area contributed by atoms with Crippen molar-refractivity contribution < 1.29 is 9.90 Å². The summed E-state index contributed by atoms with van der Waals surface area (Å²) >= 11 is 0. The van der Waals surface area contributed by atoms with Gasteiger partial charge in [0.25, 0.3) is 0 Å². The summed E-state index contributed by atoms with van der Waals surface area (Å²) in [7, 11) is 1.81. The second kappa shape index (κ2) is 7.55. The van der Waals surface area contributed by atoms with Crippen molar-refractivity contribution in [3.05, 3.63) is 42.4 Å². The van der Waals surface area contributed by atoms with Crippen LogP contribution >= 0.6 is 0 Å². The van der Waals surface area contributed by atoms with E-state index in [0.717, 1.165) is 31.6 Å². The number of hydrogen-bond acceptors (Lipinski definition) is 5. The Bertz CT molecular complexity index is 665. The van der Waals surface area contributed by atoms with E-state index in [0.29, 0.717) is 12.4 Å². The van der Waals surface area contributed by atoms with E-state index >= 15 is 0 Å². The van der Waals surface area contributed by atoms with Gasteiger partial charge in [0.05, 0.1) is 18.3 Å². The number of aryl methyl sites for hydroxylation is 1. The summed E-state index contributed by atoms with van der Waals surface area (Å²) < 4.78 is 1.65. The normalized spacial score (nSPS) is 17.6. The fraction of sp³-hybridized carbons (Fsp3) is 0.471. The number of aliphatic hydroxyl groups excluding tert-OH is 1. The van der Waals surface area contributed by atoms with Gasteiger partial charge in [-0.15, -0.1) is 0 Å². The SMILES string of the molecule is Cn1ccc(NC(=O)CN2CCC([C@H](O)c3ccccn3)CC2)n1. The van der Waals surface area contributed by atoms with Gasteiger partial charge in [-0.2, -0.15) is 5.10 Å². The number of aliphatic hydroxyl groups is 1. The first kappa shape index (κ1) is 16.6. The van der Waals surface area contributed by atoms with Gasteiger partial charge in [-0.3, -0.25) is 19.4 Å². The molecule has 0 spiro atoms. The second-order valence-corrected chi connectivity index (χ2v) is 6.24. The average Bonchev–Trinajstić information content (AvgIpc) is 3.00. The number of carbonyl (C=O) groups excluding carboxylic acids is 1. The Morgan fingerprint density at radius 1 is 1.38 bits per heavy atom. The average molecular weight is 329 g/mol. The Hall–Kier alpha value is -2.25. The first-order valence-electron chi connectivity index (χ1n) is 8.22. The van der Waals surface area contributed by atoms with Crippen LogP contribution in [-0.4, -0.2) is 50.3 Å². The maximum Gasteiger partial charge on any atom is 0.239 e.